The van der Waals surface area contributed by atoms with Crippen LogP contribution in [-0.2, 0) is 4.79 Å². The minimum Gasteiger partial charge on any atom is -0.426 e. The molecule has 106 valence electrons. The first-order valence-electron chi connectivity index (χ1n) is 6.08. The molecular formula is C15H9Cl2NO2S. The topological polar surface area (TPSA) is 39.2 Å². The van der Waals surface area contributed by atoms with Gasteiger partial charge in [0, 0.05) is 11.9 Å². The molecule has 0 radical (unpaired) electrons. The van der Waals surface area contributed by atoms with Gasteiger partial charge in [-0.1, -0.05) is 29.3 Å². The van der Waals surface area contributed by atoms with Gasteiger partial charge < -0.3 is 4.74 Å². The lowest BCUT2D eigenvalue weighted by atomic mass is 10.2. The predicted octanol–water partition coefficient (Wildman–Crippen LogP) is 5.20. The summed E-state index contributed by atoms with van der Waals surface area (Å²) in [6.45, 7) is 1.35. The molecule has 0 amide bonds. The maximum absolute atomic E-state index is 11.2. The number of halogens is 2. The zero-order chi connectivity index (χ0) is 15.0. The Hall–Kier alpha value is -1.62. The first kappa shape index (κ1) is 14.3. The maximum atomic E-state index is 11.2. The van der Waals surface area contributed by atoms with Crippen LogP contribution in [0.4, 0.5) is 0 Å². The number of esters is 1. The summed E-state index contributed by atoms with van der Waals surface area (Å²) in [6.07, 6.45) is 0. The van der Waals surface area contributed by atoms with Gasteiger partial charge in [0.05, 0.1) is 20.8 Å². The van der Waals surface area contributed by atoms with Crippen LogP contribution in [0.5, 0.6) is 5.75 Å². The summed E-state index contributed by atoms with van der Waals surface area (Å²) in [6, 6.07) is 10.6. The maximum Gasteiger partial charge on any atom is 0.308 e. The van der Waals surface area contributed by atoms with Crippen LogP contribution in [0.25, 0.3) is 20.8 Å². The summed E-state index contributed by atoms with van der Waals surface area (Å²) in [5.41, 5.74) is 1.44. The molecule has 1 aromatic heterocycles. The molecule has 21 heavy (non-hydrogen) atoms. The second-order valence-corrected chi connectivity index (χ2v) is 6.21. The first-order chi connectivity index (χ1) is 10.0. The lowest BCUT2D eigenvalue weighted by Gasteiger charge is -2.08. The van der Waals surface area contributed by atoms with Crippen molar-refractivity contribution in [2.45, 2.75) is 6.92 Å². The van der Waals surface area contributed by atoms with E-state index in [1.54, 1.807) is 24.3 Å². The molecule has 3 nitrogen and oxygen atoms in total. The van der Waals surface area contributed by atoms with Crippen LogP contribution in [0, 0.1) is 0 Å². The number of carbonyl (C=O) groups excluding carboxylic acids is 1. The molecule has 0 aliphatic heterocycles. The van der Waals surface area contributed by atoms with Gasteiger partial charge in [-0.25, -0.2) is 4.98 Å². The summed E-state index contributed by atoms with van der Waals surface area (Å²) >= 11 is 13.7. The minimum absolute atomic E-state index is 0.400. The normalized spacial score (nSPS) is 10.8. The van der Waals surface area contributed by atoms with E-state index >= 15 is 0 Å². The van der Waals surface area contributed by atoms with E-state index in [9.17, 15) is 4.79 Å². The third-order valence-electron chi connectivity index (χ3n) is 2.79. The number of fused-ring (bicyclic) bond motifs is 1. The third kappa shape index (κ3) is 2.88. The Labute approximate surface area is 135 Å². The Bertz CT molecular complexity index is 845. The van der Waals surface area contributed by atoms with Crippen LogP contribution in [0.3, 0.4) is 0 Å². The second kappa shape index (κ2) is 5.64. The van der Waals surface area contributed by atoms with Crippen LogP contribution in [0.2, 0.25) is 10.0 Å². The third-order valence-corrected chi connectivity index (χ3v) is 4.38. The van der Waals surface area contributed by atoms with Crippen LogP contribution in [-0.4, -0.2) is 11.0 Å². The predicted molar refractivity (Wildman–Crippen MR) is 86.4 cm³/mol. The molecule has 0 spiro atoms. The number of thiazole rings is 1. The number of aromatic nitrogens is 1. The molecule has 3 rings (SSSR count). The van der Waals surface area contributed by atoms with E-state index < -0.39 is 5.97 Å². The lowest BCUT2D eigenvalue weighted by Crippen LogP contribution is -2.02. The van der Waals surface area contributed by atoms with Gasteiger partial charge >= 0.3 is 5.97 Å². The van der Waals surface area contributed by atoms with E-state index in [0.29, 0.717) is 26.4 Å². The number of benzene rings is 2. The fraction of sp³-hybridized carbons (Fsp3) is 0.0667. The largest absolute Gasteiger partial charge is 0.426 e. The standard InChI is InChI=1S/C15H9Cl2NO2S/c1-8(19)20-12-4-2-3-10(17)14(12)15-18-11-6-5-9(16)7-13(11)21-15/h2-7H,1H3. The summed E-state index contributed by atoms with van der Waals surface area (Å²) in [5, 5.41) is 1.82. The van der Waals surface area contributed by atoms with Crippen LogP contribution in [0.15, 0.2) is 36.4 Å². The smallest absolute Gasteiger partial charge is 0.308 e. The molecule has 0 N–H and O–H groups in total. The van der Waals surface area contributed by atoms with Crippen molar-refractivity contribution in [3.05, 3.63) is 46.4 Å². The van der Waals surface area contributed by atoms with Crippen molar-refractivity contribution in [1.82, 2.24) is 4.98 Å². The van der Waals surface area contributed by atoms with Gasteiger partial charge in [-0.2, -0.15) is 0 Å². The minimum atomic E-state index is -0.400. The average molecular weight is 338 g/mol. The van der Waals surface area contributed by atoms with Gasteiger partial charge in [0.25, 0.3) is 0 Å². The highest BCUT2D eigenvalue weighted by molar-refractivity contribution is 7.21. The lowest BCUT2D eigenvalue weighted by molar-refractivity contribution is -0.131. The Balaban J connectivity index is 2.19. The zero-order valence-electron chi connectivity index (χ0n) is 10.9. The van der Waals surface area contributed by atoms with Gasteiger partial charge in [-0.05, 0) is 30.3 Å². The molecule has 0 fully saturated rings. The molecule has 0 unspecified atom stereocenters. The number of hydrogen-bond donors (Lipinski definition) is 0. The fourth-order valence-corrected chi connectivity index (χ4v) is 3.57. The van der Waals surface area contributed by atoms with Crippen molar-refractivity contribution in [2.75, 3.05) is 0 Å². The van der Waals surface area contributed by atoms with E-state index in [0.717, 1.165) is 10.2 Å². The van der Waals surface area contributed by atoms with Crippen molar-refractivity contribution >= 4 is 50.7 Å². The SMILES string of the molecule is CC(=O)Oc1cccc(Cl)c1-c1nc2ccc(Cl)cc2s1. The van der Waals surface area contributed by atoms with Crippen molar-refractivity contribution < 1.29 is 9.53 Å². The highest BCUT2D eigenvalue weighted by Crippen LogP contribution is 2.40. The van der Waals surface area contributed by atoms with Gasteiger partial charge in [0.1, 0.15) is 10.8 Å². The average Bonchev–Trinajstić information content (AvgIpc) is 2.80. The van der Waals surface area contributed by atoms with Crippen LogP contribution < -0.4 is 4.74 Å². The van der Waals surface area contributed by atoms with E-state index in [1.165, 1.54) is 18.3 Å². The van der Waals surface area contributed by atoms with Gasteiger partial charge in [-0.3, -0.25) is 4.79 Å². The Kier molecular flexibility index (Phi) is 3.85. The summed E-state index contributed by atoms with van der Waals surface area (Å²) in [5.74, 6) is 0.00262. The van der Waals surface area contributed by atoms with Crippen LogP contribution in [0.1, 0.15) is 6.92 Å². The van der Waals surface area contributed by atoms with Gasteiger partial charge in [0.2, 0.25) is 0 Å². The first-order valence-corrected chi connectivity index (χ1v) is 7.65. The Morgan fingerprint density at radius 1 is 1.24 bits per heavy atom. The molecule has 0 saturated carbocycles. The Morgan fingerprint density at radius 2 is 2.05 bits per heavy atom. The quantitative estimate of drug-likeness (QED) is 0.476. The summed E-state index contributed by atoms with van der Waals surface area (Å²) in [7, 11) is 0. The number of nitrogens with zero attached hydrogens (tertiary/aromatic N) is 1. The molecule has 6 heteroatoms. The summed E-state index contributed by atoms with van der Waals surface area (Å²) < 4.78 is 6.17. The second-order valence-electron chi connectivity index (χ2n) is 4.34. The van der Waals surface area contributed by atoms with Gasteiger partial charge in [0.15, 0.2) is 0 Å². The van der Waals surface area contributed by atoms with E-state index in [-0.39, 0.29) is 0 Å². The number of rotatable bonds is 2. The molecular weight excluding hydrogens is 329 g/mol. The van der Waals surface area contributed by atoms with E-state index in [1.807, 2.05) is 12.1 Å². The fourth-order valence-electron chi connectivity index (χ4n) is 1.96. The van der Waals surface area contributed by atoms with Crippen molar-refractivity contribution in [3.63, 3.8) is 0 Å². The molecule has 2 aromatic carbocycles. The van der Waals surface area contributed by atoms with E-state index in [4.69, 9.17) is 27.9 Å². The molecule has 0 atom stereocenters. The molecule has 0 saturated heterocycles. The molecule has 0 aliphatic rings. The monoisotopic (exact) mass is 337 g/mol. The Morgan fingerprint density at radius 3 is 2.81 bits per heavy atom. The highest BCUT2D eigenvalue weighted by Gasteiger charge is 2.16. The number of carbonyl (C=O) groups is 1. The summed E-state index contributed by atoms with van der Waals surface area (Å²) in [4.78, 5) is 15.8. The molecule has 3 aromatic rings. The van der Waals surface area contributed by atoms with Gasteiger partial charge in [-0.15, -0.1) is 11.3 Å². The number of hydrogen-bond acceptors (Lipinski definition) is 4. The number of ether oxygens (including phenoxy) is 1. The highest BCUT2D eigenvalue weighted by atomic mass is 35.5. The van der Waals surface area contributed by atoms with E-state index in [2.05, 4.69) is 4.98 Å². The van der Waals surface area contributed by atoms with Crippen LogP contribution >= 0.6 is 34.5 Å². The molecule has 0 bridgehead atoms. The molecule has 1 heterocycles. The van der Waals surface area contributed by atoms with Crippen molar-refractivity contribution in [3.8, 4) is 16.3 Å². The van der Waals surface area contributed by atoms with Crippen molar-refractivity contribution in [2.24, 2.45) is 0 Å². The molecule has 0 aliphatic carbocycles. The zero-order valence-corrected chi connectivity index (χ0v) is 13.2. The van der Waals surface area contributed by atoms with Crippen molar-refractivity contribution in [1.29, 1.82) is 0 Å².